The van der Waals surface area contributed by atoms with Crippen molar-refractivity contribution in [2.24, 2.45) is 5.41 Å². The molecule has 3 N–H and O–H groups in total. The van der Waals surface area contributed by atoms with Crippen LogP contribution in [0.4, 0.5) is 0 Å². The van der Waals surface area contributed by atoms with Crippen LogP contribution in [0.1, 0.15) is 83.6 Å². The van der Waals surface area contributed by atoms with E-state index in [1.807, 2.05) is 24.3 Å². The largest absolute Gasteiger partial charge is 0.458 e. The number of hydrogen-bond acceptors (Lipinski definition) is 9. The van der Waals surface area contributed by atoms with Crippen molar-refractivity contribution >= 4 is 40.4 Å². The lowest BCUT2D eigenvalue weighted by Gasteiger charge is -2.48. The first kappa shape index (κ1) is 33.5. The van der Waals surface area contributed by atoms with Crippen molar-refractivity contribution in [3.8, 4) is 0 Å². The predicted molar refractivity (Wildman–Crippen MR) is 169 cm³/mol. The molecule has 0 unspecified atom stereocenters. The van der Waals surface area contributed by atoms with Gasteiger partial charge in [0.1, 0.15) is 29.8 Å². The topological polar surface area (TPSA) is 136 Å². The van der Waals surface area contributed by atoms with E-state index in [0.29, 0.717) is 0 Å². The van der Waals surface area contributed by atoms with Crippen molar-refractivity contribution < 1.29 is 38.5 Å². The minimum Gasteiger partial charge on any atom is -0.458 e. The third-order valence-corrected chi connectivity index (χ3v) is 9.97. The quantitative estimate of drug-likeness (QED) is 0.133. The minimum atomic E-state index is -1.28. The van der Waals surface area contributed by atoms with Crippen LogP contribution in [0, 0.1) is 8.99 Å². The average Bonchev–Trinajstić information content (AvgIpc) is 3.55. The van der Waals surface area contributed by atoms with E-state index in [9.17, 15) is 14.4 Å². The van der Waals surface area contributed by atoms with Gasteiger partial charge in [-0.15, -0.1) is 0 Å². The minimum absolute atomic E-state index is 0.0433. The van der Waals surface area contributed by atoms with E-state index in [4.69, 9.17) is 24.2 Å². The highest BCUT2D eigenvalue weighted by Crippen LogP contribution is 2.58. The van der Waals surface area contributed by atoms with E-state index >= 15 is 0 Å². The fraction of sp³-hybridized carbons (Fsp3) is 0.719. The maximum atomic E-state index is 14.3. The molecule has 3 aliphatic heterocycles. The molecule has 0 aromatic heterocycles. The third kappa shape index (κ3) is 6.80. The first-order valence-corrected chi connectivity index (χ1v) is 17.2. The number of rotatable bonds is 16. The highest BCUT2D eigenvalue weighted by molar-refractivity contribution is 14.1. The molecule has 6 atom stereocenters. The van der Waals surface area contributed by atoms with Crippen LogP contribution >= 0.6 is 22.6 Å². The second-order valence-corrected chi connectivity index (χ2v) is 13.7. The predicted octanol–water partition coefficient (Wildman–Crippen LogP) is 3.35. The number of nitrogens with zero attached hydrogens (tertiary/aromatic N) is 1. The fourth-order valence-corrected chi connectivity index (χ4v) is 7.86. The van der Waals surface area contributed by atoms with E-state index in [0.717, 1.165) is 60.5 Å². The van der Waals surface area contributed by atoms with E-state index in [2.05, 4.69) is 47.1 Å². The summed E-state index contributed by atoms with van der Waals surface area (Å²) in [5, 5.41) is 16.1. The summed E-state index contributed by atoms with van der Waals surface area (Å²) in [4.78, 5) is 46.9. The molecule has 1 aliphatic carbocycles. The zero-order chi connectivity index (χ0) is 31.3. The summed E-state index contributed by atoms with van der Waals surface area (Å²) in [6.45, 7) is 4.68. The van der Waals surface area contributed by atoms with Crippen molar-refractivity contribution in [2.75, 3.05) is 19.7 Å². The lowest BCUT2D eigenvalue weighted by atomic mass is 9.62. The van der Waals surface area contributed by atoms with Crippen LogP contribution < -0.4 is 10.6 Å². The highest BCUT2D eigenvalue weighted by atomic mass is 127. The number of aliphatic hydroxyl groups is 1. The first-order chi connectivity index (χ1) is 21.3. The molecule has 3 heterocycles. The Kier molecular flexibility index (Phi) is 11.2. The van der Waals surface area contributed by atoms with Crippen LogP contribution in [0.3, 0.4) is 0 Å². The number of halogens is 1. The molecule has 11 nitrogen and oxygen atoms in total. The van der Waals surface area contributed by atoms with Crippen molar-refractivity contribution in [1.82, 2.24) is 15.7 Å². The Morgan fingerprint density at radius 3 is 2.45 bits per heavy atom. The normalized spacial score (nSPS) is 30.1. The lowest BCUT2D eigenvalue weighted by molar-refractivity contribution is -0.224. The van der Waals surface area contributed by atoms with Gasteiger partial charge in [0.05, 0.1) is 13.2 Å². The van der Waals surface area contributed by atoms with Crippen molar-refractivity contribution in [3.05, 3.63) is 33.4 Å². The number of benzene rings is 1. The Balaban J connectivity index is 1.45. The van der Waals surface area contributed by atoms with Crippen molar-refractivity contribution in [2.45, 2.75) is 121 Å². The number of carbonyl (C=O) groups is 3. The first-order valence-electron chi connectivity index (χ1n) is 16.2. The lowest BCUT2D eigenvalue weighted by Crippen LogP contribution is -2.69. The van der Waals surface area contributed by atoms with Gasteiger partial charge < -0.3 is 30.0 Å². The fourth-order valence-electron chi connectivity index (χ4n) is 7.25. The third-order valence-electron chi connectivity index (χ3n) is 9.30. The number of aliphatic hydroxyl groups excluding tert-OH is 1. The highest BCUT2D eigenvalue weighted by Gasteiger charge is 2.76. The molecule has 44 heavy (non-hydrogen) atoms. The van der Waals surface area contributed by atoms with Gasteiger partial charge >= 0.3 is 5.97 Å². The van der Waals surface area contributed by atoms with Gasteiger partial charge in [-0.2, -0.15) is 5.06 Å². The molecule has 3 saturated heterocycles. The second-order valence-electron chi connectivity index (χ2n) is 12.4. The maximum absolute atomic E-state index is 14.3. The van der Waals surface area contributed by atoms with Crippen LogP contribution in [-0.4, -0.2) is 83.9 Å². The monoisotopic (exact) mass is 727 g/mol. The standard InChI is InChI=1S/C32H46IN3O8/c1-3-5-7-13-31(14-8-6-4-2)42-25-23-19-32(30(40)35-15-12-24(38)34-16-17-37)27(29(39)41-23)36(44-28(32)26(25)43-31)20-21-10-9-11-22(33)18-21/h9-11,18,23,25-28,37H,3-8,12-17,19-20H2,1-2H3,(H,34,38)(H,35,40)/t23-,25+,26+,27+,28-,32+/m1/s1. The zero-order valence-corrected chi connectivity index (χ0v) is 27.9. The molecular formula is C32H46IN3O8. The summed E-state index contributed by atoms with van der Waals surface area (Å²) < 4.78 is 20.8. The number of nitrogens with one attached hydrogen (secondary N) is 2. The molecule has 1 aromatic rings. The molecule has 0 radical (unpaired) electrons. The molecule has 1 saturated carbocycles. The summed E-state index contributed by atoms with van der Waals surface area (Å²) in [5.74, 6) is -1.97. The Bertz CT molecular complexity index is 1180. The number of hydrogen-bond donors (Lipinski definition) is 3. The van der Waals surface area contributed by atoms with E-state index < -0.39 is 47.6 Å². The van der Waals surface area contributed by atoms with Crippen molar-refractivity contribution in [3.63, 3.8) is 0 Å². The van der Waals surface area contributed by atoms with Gasteiger partial charge in [0, 0.05) is 42.3 Å². The molecule has 4 fully saturated rings. The van der Waals surface area contributed by atoms with Gasteiger partial charge in [-0.3, -0.25) is 19.2 Å². The summed E-state index contributed by atoms with van der Waals surface area (Å²) >= 11 is 2.25. The molecule has 12 heteroatoms. The summed E-state index contributed by atoms with van der Waals surface area (Å²) in [6.07, 6.45) is 5.30. The van der Waals surface area contributed by atoms with Crippen LogP contribution in [0.2, 0.25) is 0 Å². The smallest absolute Gasteiger partial charge is 0.327 e. The Labute approximate surface area is 273 Å². The molecule has 2 amide bonds. The Morgan fingerprint density at radius 2 is 1.77 bits per heavy atom. The van der Waals surface area contributed by atoms with Gasteiger partial charge in [0.15, 0.2) is 11.8 Å². The average molecular weight is 728 g/mol. The molecule has 2 bridgehead atoms. The molecule has 5 rings (SSSR count). The van der Waals surface area contributed by atoms with E-state index in [1.165, 1.54) is 0 Å². The molecule has 244 valence electrons. The number of fused-ring (bicyclic) bond motifs is 4. The summed E-state index contributed by atoms with van der Waals surface area (Å²) in [5.41, 5.74) is -0.341. The number of unbranched alkanes of at least 4 members (excludes halogenated alkanes) is 4. The van der Waals surface area contributed by atoms with Gasteiger partial charge in [-0.25, -0.2) is 0 Å². The molecule has 0 spiro atoms. The molecule has 1 aromatic carbocycles. The van der Waals surface area contributed by atoms with Gasteiger partial charge in [0.25, 0.3) is 0 Å². The molecular weight excluding hydrogens is 681 g/mol. The van der Waals surface area contributed by atoms with Crippen LogP contribution in [0.5, 0.6) is 0 Å². The summed E-state index contributed by atoms with van der Waals surface area (Å²) in [6, 6.07) is 6.94. The summed E-state index contributed by atoms with van der Waals surface area (Å²) in [7, 11) is 0. The molecule has 4 aliphatic rings. The van der Waals surface area contributed by atoms with Crippen LogP contribution in [0.15, 0.2) is 24.3 Å². The van der Waals surface area contributed by atoms with Crippen LogP contribution in [0.25, 0.3) is 0 Å². The van der Waals surface area contributed by atoms with Gasteiger partial charge in [-0.05, 0) is 53.1 Å². The number of esters is 1. The number of carbonyl (C=O) groups excluding carboxylic acids is 3. The maximum Gasteiger partial charge on any atom is 0.327 e. The van der Waals surface area contributed by atoms with E-state index in [1.54, 1.807) is 5.06 Å². The van der Waals surface area contributed by atoms with E-state index in [-0.39, 0.29) is 50.9 Å². The Hall–Kier alpha value is -1.84. The number of hydroxylamine groups is 2. The second kappa shape index (κ2) is 14.7. The zero-order valence-electron chi connectivity index (χ0n) is 25.7. The Morgan fingerprint density at radius 1 is 1.05 bits per heavy atom. The van der Waals surface area contributed by atoms with Crippen LogP contribution in [-0.2, 0) is 40.0 Å². The number of amides is 2. The number of ether oxygens (including phenoxy) is 3. The van der Waals surface area contributed by atoms with Crippen molar-refractivity contribution in [1.29, 1.82) is 0 Å². The van der Waals surface area contributed by atoms with Gasteiger partial charge in [-0.1, -0.05) is 51.7 Å². The van der Waals surface area contributed by atoms with Gasteiger partial charge in [0.2, 0.25) is 11.8 Å². The SMILES string of the molecule is CCCCCC1(CCCCC)O[C@@H]2[C@H](O1)[C@H]1ON(Cc3cccc(I)c3)[C@H]3C(=O)O[C@@H]2C[C@@]13C(=O)NCCC(=O)NCCO.